The summed E-state index contributed by atoms with van der Waals surface area (Å²) in [5.41, 5.74) is -0.449. The number of nitrogens with one attached hydrogen (secondary N) is 1. The van der Waals surface area contributed by atoms with Crippen LogP contribution in [-0.2, 0) is 4.79 Å². The van der Waals surface area contributed by atoms with Crippen molar-refractivity contribution >= 4 is 5.91 Å². The van der Waals surface area contributed by atoms with Crippen molar-refractivity contribution in [2.75, 3.05) is 13.1 Å². The lowest BCUT2D eigenvalue weighted by molar-refractivity contribution is -0.138. The summed E-state index contributed by atoms with van der Waals surface area (Å²) in [5.74, 6) is 0.178. The Morgan fingerprint density at radius 1 is 1.36 bits per heavy atom. The summed E-state index contributed by atoms with van der Waals surface area (Å²) in [5, 5.41) is 3.20. The molecular formula is C11H24N2O. The topological polar surface area (TPSA) is 32.3 Å². The number of rotatable bonds is 5. The van der Waals surface area contributed by atoms with Crippen LogP contribution in [0.2, 0.25) is 0 Å². The first-order valence-corrected chi connectivity index (χ1v) is 5.42. The molecule has 1 amide bonds. The van der Waals surface area contributed by atoms with E-state index in [2.05, 4.69) is 5.32 Å². The molecule has 14 heavy (non-hydrogen) atoms. The van der Waals surface area contributed by atoms with E-state index in [0.717, 1.165) is 13.1 Å². The molecule has 0 aromatic rings. The van der Waals surface area contributed by atoms with Crippen molar-refractivity contribution in [1.29, 1.82) is 0 Å². The number of nitrogens with zero attached hydrogens (tertiary/aromatic N) is 1. The maximum absolute atomic E-state index is 12.1. The fourth-order valence-corrected chi connectivity index (χ4v) is 1.62. The summed E-state index contributed by atoms with van der Waals surface area (Å²) in [6.45, 7) is 13.6. The van der Waals surface area contributed by atoms with Gasteiger partial charge in [-0.05, 0) is 41.2 Å². The second-order valence-corrected chi connectivity index (χ2v) is 4.34. The van der Waals surface area contributed by atoms with E-state index in [1.165, 1.54) is 0 Å². The third-order valence-corrected chi connectivity index (χ3v) is 2.38. The summed E-state index contributed by atoms with van der Waals surface area (Å²) < 4.78 is 0. The second kappa shape index (κ2) is 5.35. The SMILES string of the molecule is CCNC(C)(C)C(=O)N(CC)C(C)C. The molecule has 0 saturated heterocycles. The molecule has 0 fully saturated rings. The largest absolute Gasteiger partial charge is 0.339 e. The molecule has 0 aromatic heterocycles. The first-order chi connectivity index (χ1) is 6.36. The Labute approximate surface area is 87.9 Å². The second-order valence-electron chi connectivity index (χ2n) is 4.34. The predicted molar refractivity (Wildman–Crippen MR) is 60.3 cm³/mol. The zero-order valence-corrected chi connectivity index (χ0v) is 10.3. The molecule has 0 heterocycles. The van der Waals surface area contributed by atoms with Gasteiger partial charge < -0.3 is 10.2 Å². The summed E-state index contributed by atoms with van der Waals surface area (Å²) in [6, 6.07) is 0.269. The zero-order chi connectivity index (χ0) is 11.4. The molecule has 0 bridgehead atoms. The minimum atomic E-state index is -0.449. The minimum absolute atomic E-state index is 0.178. The fourth-order valence-electron chi connectivity index (χ4n) is 1.62. The van der Waals surface area contributed by atoms with E-state index in [1.54, 1.807) is 0 Å². The molecule has 0 aliphatic rings. The van der Waals surface area contributed by atoms with Crippen LogP contribution in [0.15, 0.2) is 0 Å². The van der Waals surface area contributed by atoms with E-state index >= 15 is 0 Å². The third-order valence-electron chi connectivity index (χ3n) is 2.38. The van der Waals surface area contributed by atoms with Crippen molar-refractivity contribution in [1.82, 2.24) is 10.2 Å². The van der Waals surface area contributed by atoms with Crippen LogP contribution in [0.3, 0.4) is 0 Å². The normalized spacial score (nSPS) is 11.9. The molecule has 0 aliphatic heterocycles. The monoisotopic (exact) mass is 200 g/mol. The van der Waals surface area contributed by atoms with Gasteiger partial charge in [-0.15, -0.1) is 0 Å². The van der Waals surface area contributed by atoms with Crippen LogP contribution in [0.1, 0.15) is 41.5 Å². The van der Waals surface area contributed by atoms with Gasteiger partial charge in [0, 0.05) is 12.6 Å². The fraction of sp³-hybridized carbons (Fsp3) is 0.909. The quantitative estimate of drug-likeness (QED) is 0.731. The Hall–Kier alpha value is -0.570. The highest BCUT2D eigenvalue weighted by molar-refractivity contribution is 5.85. The summed E-state index contributed by atoms with van der Waals surface area (Å²) >= 11 is 0. The van der Waals surface area contributed by atoms with E-state index in [9.17, 15) is 4.79 Å². The van der Waals surface area contributed by atoms with Crippen molar-refractivity contribution in [2.45, 2.75) is 53.1 Å². The van der Waals surface area contributed by atoms with Crippen molar-refractivity contribution in [3.05, 3.63) is 0 Å². The number of likely N-dealkylation sites (N-methyl/N-ethyl adjacent to an activating group) is 2. The minimum Gasteiger partial charge on any atom is -0.339 e. The van der Waals surface area contributed by atoms with E-state index in [0.29, 0.717) is 0 Å². The van der Waals surface area contributed by atoms with Gasteiger partial charge in [0.15, 0.2) is 0 Å². The number of hydrogen-bond donors (Lipinski definition) is 1. The highest BCUT2D eigenvalue weighted by Crippen LogP contribution is 2.10. The van der Waals surface area contributed by atoms with Gasteiger partial charge in [-0.2, -0.15) is 0 Å². The molecule has 0 saturated carbocycles. The van der Waals surface area contributed by atoms with E-state index in [1.807, 2.05) is 46.4 Å². The Kier molecular flexibility index (Phi) is 5.13. The van der Waals surface area contributed by atoms with Crippen molar-refractivity contribution in [3.8, 4) is 0 Å². The molecule has 3 nitrogen and oxygen atoms in total. The molecule has 0 radical (unpaired) electrons. The third kappa shape index (κ3) is 3.29. The molecule has 84 valence electrons. The lowest BCUT2D eigenvalue weighted by Crippen LogP contribution is -2.55. The lowest BCUT2D eigenvalue weighted by atomic mass is 10.0. The number of carbonyl (C=O) groups excluding carboxylic acids is 1. The number of hydrogen-bond acceptors (Lipinski definition) is 2. The summed E-state index contributed by atoms with van der Waals surface area (Å²) in [7, 11) is 0. The van der Waals surface area contributed by atoms with E-state index in [-0.39, 0.29) is 11.9 Å². The molecule has 0 unspecified atom stereocenters. The van der Waals surface area contributed by atoms with E-state index in [4.69, 9.17) is 0 Å². The van der Waals surface area contributed by atoms with Crippen LogP contribution in [-0.4, -0.2) is 35.5 Å². The van der Waals surface area contributed by atoms with Gasteiger partial charge in [0.1, 0.15) is 0 Å². The van der Waals surface area contributed by atoms with Crippen molar-refractivity contribution in [3.63, 3.8) is 0 Å². The van der Waals surface area contributed by atoms with Crippen LogP contribution in [0.5, 0.6) is 0 Å². The molecule has 1 N–H and O–H groups in total. The van der Waals surface area contributed by atoms with Gasteiger partial charge in [0.05, 0.1) is 5.54 Å². The van der Waals surface area contributed by atoms with Crippen molar-refractivity contribution in [2.24, 2.45) is 0 Å². The Morgan fingerprint density at radius 3 is 2.14 bits per heavy atom. The smallest absolute Gasteiger partial charge is 0.242 e. The van der Waals surface area contributed by atoms with Crippen LogP contribution in [0.25, 0.3) is 0 Å². The van der Waals surface area contributed by atoms with Crippen molar-refractivity contribution < 1.29 is 4.79 Å². The summed E-state index contributed by atoms with van der Waals surface area (Å²) in [4.78, 5) is 14.0. The Balaban J connectivity index is 4.56. The Morgan fingerprint density at radius 2 is 1.86 bits per heavy atom. The van der Waals surface area contributed by atoms with Gasteiger partial charge in [-0.1, -0.05) is 6.92 Å². The van der Waals surface area contributed by atoms with E-state index < -0.39 is 5.54 Å². The molecule has 0 spiro atoms. The average Bonchev–Trinajstić information content (AvgIpc) is 2.04. The number of carbonyl (C=O) groups is 1. The summed E-state index contributed by atoms with van der Waals surface area (Å²) in [6.07, 6.45) is 0. The highest BCUT2D eigenvalue weighted by Gasteiger charge is 2.31. The maximum Gasteiger partial charge on any atom is 0.242 e. The van der Waals surface area contributed by atoms with Crippen LogP contribution in [0.4, 0.5) is 0 Å². The van der Waals surface area contributed by atoms with Gasteiger partial charge in [0.25, 0.3) is 0 Å². The molecule has 3 heteroatoms. The van der Waals surface area contributed by atoms with Gasteiger partial charge in [-0.3, -0.25) is 4.79 Å². The van der Waals surface area contributed by atoms with Gasteiger partial charge in [-0.25, -0.2) is 0 Å². The predicted octanol–water partition coefficient (Wildman–Crippen LogP) is 1.63. The van der Waals surface area contributed by atoms with Crippen LogP contribution < -0.4 is 5.32 Å². The molecule has 0 aliphatic carbocycles. The Bertz CT molecular complexity index is 188. The first kappa shape index (κ1) is 13.4. The standard InChI is InChI=1S/C11H24N2O/c1-7-12-11(5,6)10(14)13(8-2)9(3)4/h9,12H,7-8H2,1-6H3. The highest BCUT2D eigenvalue weighted by atomic mass is 16.2. The van der Waals surface area contributed by atoms with Crippen LogP contribution in [0, 0.1) is 0 Å². The first-order valence-electron chi connectivity index (χ1n) is 5.42. The maximum atomic E-state index is 12.1. The molecule has 0 rings (SSSR count). The zero-order valence-electron chi connectivity index (χ0n) is 10.3. The average molecular weight is 200 g/mol. The number of amides is 1. The molecular weight excluding hydrogens is 176 g/mol. The van der Waals surface area contributed by atoms with Gasteiger partial charge in [0.2, 0.25) is 5.91 Å². The van der Waals surface area contributed by atoms with Crippen LogP contribution >= 0.6 is 0 Å². The molecule has 0 atom stereocenters. The molecule has 0 aromatic carbocycles. The lowest BCUT2D eigenvalue weighted by Gasteiger charge is -2.34. The van der Waals surface area contributed by atoms with Gasteiger partial charge >= 0.3 is 0 Å².